The first-order valence-electron chi connectivity index (χ1n) is 6.81. The molecule has 1 N–H and O–H groups in total. The van der Waals surface area contributed by atoms with Gasteiger partial charge in [-0.15, -0.1) is 0 Å². The van der Waals surface area contributed by atoms with Crippen LogP contribution in [0.5, 0.6) is 0 Å². The number of aliphatic hydroxyl groups is 1. The van der Waals surface area contributed by atoms with Gasteiger partial charge in [0.05, 0.1) is 6.10 Å². The fourth-order valence-electron chi connectivity index (χ4n) is 2.95. The zero-order valence-corrected chi connectivity index (χ0v) is 10.7. The number of hydrogen-bond acceptors (Lipinski definition) is 1. The molecule has 0 spiro atoms. The van der Waals surface area contributed by atoms with E-state index in [0.717, 1.165) is 12.3 Å². The fraction of sp³-hybridized carbons (Fsp3) is 1.00. The highest BCUT2D eigenvalue weighted by Crippen LogP contribution is 2.34. The molecule has 1 heteroatoms. The SMILES string of the molecule is CCCC1CCC(C(O)CC(C)C)CC1. The number of rotatable bonds is 5. The molecule has 1 rings (SSSR count). The van der Waals surface area contributed by atoms with Crippen LogP contribution >= 0.6 is 0 Å². The van der Waals surface area contributed by atoms with Crippen LogP contribution in [0.4, 0.5) is 0 Å². The maximum atomic E-state index is 10.1. The van der Waals surface area contributed by atoms with Crippen LogP contribution in [-0.4, -0.2) is 11.2 Å². The third-order valence-corrected chi connectivity index (χ3v) is 3.85. The second-order valence-electron chi connectivity index (χ2n) is 5.77. The predicted molar refractivity (Wildman–Crippen MR) is 65.8 cm³/mol. The lowest BCUT2D eigenvalue weighted by molar-refractivity contribution is 0.0561. The van der Waals surface area contributed by atoms with E-state index < -0.39 is 0 Å². The third kappa shape index (κ3) is 4.55. The van der Waals surface area contributed by atoms with Crippen molar-refractivity contribution in [2.24, 2.45) is 17.8 Å². The van der Waals surface area contributed by atoms with Gasteiger partial charge in [0.2, 0.25) is 0 Å². The topological polar surface area (TPSA) is 20.2 Å². The summed E-state index contributed by atoms with van der Waals surface area (Å²) >= 11 is 0. The first-order chi connectivity index (χ1) is 7.13. The highest BCUT2D eigenvalue weighted by Gasteiger charge is 2.26. The van der Waals surface area contributed by atoms with Crippen LogP contribution in [0.25, 0.3) is 0 Å². The Morgan fingerprint density at radius 1 is 1.13 bits per heavy atom. The lowest BCUT2D eigenvalue weighted by Gasteiger charge is -2.32. The lowest BCUT2D eigenvalue weighted by Crippen LogP contribution is -2.26. The van der Waals surface area contributed by atoms with E-state index in [4.69, 9.17) is 0 Å². The summed E-state index contributed by atoms with van der Waals surface area (Å²) in [5, 5.41) is 10.1. The van der Waals surface area contributed by atoms with E-state index in [2.05, 4.69) is 20.8 Å². The van der Waals surface area contributed by atoms with Crippen LogP contribution in [0.3, 0.4) is 0 Å². The van der Waals surface area contributed by atoms with Crippen LogP contribution in [-0.2, 0) is 0 Å². The van der Waals surface area contributed by atoms with Gasteiger partial charge in [0, 0.05) is 0 Å². The maximum absolute atomic E-state index is 10.1. The first kappa shape index (κ1) is 13.0. The molecule has 1 fully saturated rings. The molecule has 1 atom stereocenters. The molecule has 1 aliphatic rings. The molecule has 90 valence electrons. The molecule has 0 bridgehead atoms. The summed E-state index contributed by atoms with van der Waals surface area (Å²) in [6.07, 6.45) is 8.91. The molecular weight excluding hydrogens is 184 g/mol. The Morgan fingerprint density at radius 3 is 2.20 bits per heavy atom. The van der Waals surface area contributed by atoms with E-state index in [1.165, 1.54) is 38.5 Å². The first-order valence-corrected chi connectivity index (χ1v) is 6.81. The smallest absolute Gasteiger partial charge is 0.0570 e. The summed E-state index contributed by atoms with van der Waals surface area (Å²) in [5.74, 6) is 2.19. The highest BCUT2D eigenvalue weighted by atomic mass is 16.3. The van der Waals surface area contributed by atoms with E-state index in [1.807, 2.05) is 0 Å². The van der Waals surface area contributed by atoms with Gasteiger partial charge in [0.15, 0.2) is 0 Å². The van der Waals surface area contributed by atoms with Gasteiger partial charge in [-0.3, -0.25) is 0 Å². The zero-order valence-electron chi connectivity index (χ0n) is 10.7. The fourth-order valence-corrected chi connectivity index (χ4v) is 2.95. The summed E-state index contributed by atoms with van der Waals surface area (Å²) < 4.78 is 0. The zero-order chi connectivity index (χ0) is 11.3. The van der Waals surface area contributed by atoms with Crippen molar-refractivity contribution in [2.45, 2.75) is 71.8 Å². The molecule has 0 aromatic heterocycles. The Morgan fingerprint density at radius 2 is 1.73 bits per heavy atom. The Balaban J connectivity index is 2.24. The molecule has 1 unspecified atom stereocenters. The Hall–Kier alpha value is -0.0400. The van der Waals surface area contributed by atoms with E-state index in [9.17, 15) is 5.11 Å². The minimum atomic E-state index is -0.0347. The molecule has 1 nitrogen and oxygen atoms in total. The van der Waals surface area contributed by atoms with Crippen molar-refractivity contribution in [3.05, 3.63) is 0 Å². The molecule has 0 aromatic carbocycles. The Kier molecular flexibility index (Phi) is 5.66. The van der Waals surface area contributed by atoms with Gasteiger partial charge < -0.3 is 5.11 Å². The Bertz CT molecular complexity index is 157. The van der Waals surface area contributed by atoms with Gasteiger partial charge in [-0.25, -0.2) is 0 Å². The van der Waals surface area contributed by atoms with E-state index >= 15 is 0 Å². The second kappa shape index (κ2) is 6.52. The standard InChI is InChI=1S/C14H28O/c1-4-5-12-6-8-13(9-7-12)14(15)10-11(2)3/h11-15H,4-10H2,1-3H3. The van der Waals surface area contributed by atoms with Crippen molar-refractivity contribution in [1.29, 1.82) is 0 Å². The average molecular weight is 212 g/mol. The van der Waals surface area contributed by atoms with Crippen LogP contribution in [0.1, 0.15) is 65.7 Å². The molecule has 0 aromatic rings. The second-order valence-corrected chi connectivity index (χ2v) is 5.77. The van der Waals surface area contributed by atoms with Crippen molar-refractivity contribution in [3.63, 3.8) is 0 Å². The molecule has 1 saturated carbocycles. The van der Waals surface area contributed by atoms with Gasteiger partial charge in [0.25, 0.3) is 0 Å². The predicted octanol–water partition coefficient (Wildman–Crippen LogP) is 4.00. The minimum Gasteiger partial charge on any atom is -0.393 e. The monoisotopic (exact) mass is 212 g/mol. The van der Waals surface area contributed by atoms with Crippen molar-refractivity contribution < 1.29 is 5.11 Å². The Labute approximate surface area is 95.3 Å². The summed E-state index contributed by atoms with van der Waals surface area (Å²) in [6.45, 7) is 6.68. The largest absolute Gasteiger partial charge is 0.393 e. The maximum Gasteiger partial charge on any atom is 0.0570 e. The summed E-state index contributed by atoms with van der Waals surface area (Å²) in [7, 11) is 0. The van der Waals surface area contributed by atoms with Gasteiger partial charge in [-0.2, -0.15) is 0 Å². The van der Waals surface area contributed by atoms with Gasteiger partial charge in [0.1, 0.15) is 0 Å². The summed E-state index contributed by atoms with van der Waals surface area (Å²) in [5.41, 5.74) is 0. The summed E-state index contributed by atoms with van der Waals surface area (Å²) in [6, 6.07) is 0. The van der Waals surface area contributed by atoms with E-state index in [1.54, 1.807) is 0 Å². The molecular formula is C14H28O. The highest BCUT2D eigenvalue weighted by molar-refractivity contribution is 4.77. The van der Waals surface area contributed by atoms with Crippen molar-refractivity contribution in [1.82, 2.24) is 0 Å². The van der Waals surface area contributed by atoms with Crippen LogP contribution in [0.15, 0.2) is 0 Å². The minimum absolute atomic E-state index is 0.0347. The molecule has 0 heterocycles. The molecule has 15 heavy (non-hydrogen) atoms. The van der Waals surface area contributed by atoms with Crippen molar-refractivity contribution in [3.8, 4) is 0 Å². The molecule has 0 saturated heterocycles. The van der Waals surface area contributed by atoms with Gasteiger partial charge in [-0.05, 0) is 37.0 Å². The van der Waals surface area contributed by atoms with Crippen LogP contribution in [0, 0.1) is 17.8 Å². The quantitative estimate of drug-likeness (QED) is 0.730. The lowest BCUT2D eigenvalue weighted by atomic mass is 9.76. The van der Waals surface area contributed by atoms with Crippen LogP contribution < -0.4 is 0 Å². The summed E-state index contributed by atoms with van der Waals surface area (Å²) in [4.78, 5) is 0. The number of aliphatic hydroxyl groups excluding tert-OH is 1. The molecule has 1 aliphatic carbocycles. The molecule has 0 amide bonds. The van der Waals surface area contributed by atoms with Gasteiger partial charge >= 0.3 is 0 Å². The van der Waals surface area contributed by atoms with Crippen LogP contribution in [0.2, 0.25) is 0 Å². The van der Waals surface area contributed by atoms with E-state index in [-0.39, 0.29) is 6.10 Å². The van der Waals surface area contributed by atoms with Crippen molar-refractivity contribution in [2.75, 3.05) is 0 Å². The average Bonchev–Trinajstić information content (AvgIpc) is 2.18. The third-order valence-electron chi connectivity index (χ3n) is 3.85. The molecule has 0 radical (unpaired) electrons. The van der Waals surface area contributed by atoms with Crippen molar-refractivity contribution >= 4 is 0 Å². The van der Waals surface area contributed by atoms with E-state index in [0.29, 0.717) is 11.8 Å². The number of hydrogen-bond donors (Lipinski definition) is 1. The molecule has 0 aliphatic heterocycles. The van der Waals surface area contributed by atoms with Gasteiger partial charge in [-0.1, -0.05) is 46.5 Å². The normalized spacial score (nSPS) is 29.4.